The largest absolute Gasteiger partial charge is 0.368 e. The standard InChI is InChI=1S/C21H21Cl2N3O2.H2/c22-17-2-1-3-19(21(17)23)26-10-8-25(9-11-26)14-28-13-15-4-5-16-6-7-20(27)24-18(16)12-15;/h1-7,12H,8-11,13-14H2,(H,24,27);1H. The molecule has 148 valence electrons. The molecule has 3 aromatic rings. The highest BCUT2D eigenvalue weighted by molar-refractivity contribution is 6.43. The fourth-order valence-corrected chi connectivity index (χ4v) is 3.85. The minimum Gasteiger partial charge on any atom is -0.368 e. The number of anilines is 1. The number of rotatable bonds is 5. The summed E-state index contributed by atoms with van der Waals surface area (Å²) >= 11 is 12.5. The molecule has 0 aliphatic carbocycles. The number of H-pyrrole nitrogens is 1. The molecule has 4 rings (SSSR count). The highest BCUT2D eigenvalue weighted by Gasteiger charge is 2.19. The average Bonchev–Trinajstić information content (AvgIpc) is 2.70. The van der Waals surface area contributed by atoms with Crippen molar-refractivity contribution in [1.82, 2.24) is 9.88 Å². The van der Waals surface area contributed by atoms with Crippen LogP contribution in [0.15, 0.2) is 53.3 Å². The molecular formula is C21H23Cl2N3O2. The van der Waals surface area contributed by atoms with Crippen LogP contribution < -0.4 is 10.5 Å². The van der Waals surface area contributed by atoms with Crippen LogP contribution in [-0.4, -0.2) is 42.8 Å². The minimum absolute atomic E-state index is 0. The Morgan fingerprint density at radius 2 is 1.82 bits per heavy atom. The summed E-state index contributed by atoms with van der Waals surface area (Å²) < 4.78 is 5.89. The van der Waals surface area contributed by atoms with E-state index in [1.807, 2.05) is 36.4 Å². The molecule has 0 atom stereocenters. The summed E-state index contributed by atoms with van der Waals surface area (Å²) in [5, 5.41) is 2.21. The number of pyridine rings is 1. The number of ether oxygens (including phenoxy) is 1. The van der Waals surface area contributed by atoms with Crippen molar-refractivity contribution in [2.45, 2.75) is 6.61 Å². The van der Waals surface area contributed by atoms with Gasteiger partial charge in [-0.05, 0) is 35.2 Å². The van der Waals surface area contributed by atoms with Gasteiger partial charge in [0, 0.05) is 39.2 Å². The molecule has 1 aliphatic rings. The summed E-state index contributed by atoms with van der Waals surface area (Å²) in [6.07, 6.45) is 0. The molecule has 1 N–H and O–H groups in total. The maximum atomic E-state index is 11.5. The van der Waals surface area contributed by atoms with Crippen LogP contribution in [0.3, 0.4) is 0 Å². The third kappa shape index (κ3) is 4.33. The van der Waals surface area contributed by atoms with Crippen molar-refractivity contribution in [3.8, 4) is 0 Å². The van der Waals surface area contributed by atoms with Crippen LogP contribution in [0, 0.1) is 0 Å². The van der Waals surface area contributed by atoms with E-state index in [-0.39, 0.29) is 6.99 Å². The predicted octanol–water partition coefficient (Wildman–Crippen LogP) is 4.38. The molecule has 2 aromatic carbocycles. The van der Waals surface area contributed by atoms with Crippen molar-refractivity contribution in [2.75, 3.05) is 37.8 Å². The van der Waals surface area contributed by atoms with Gasteiger partial charge in [-0.25, -0.2) is 0 Å². The van der Waals surface area contributed by atoms with Gasteiger partial charge in [-0.3, -0.25) is 9.69 Å². The molecule has 0 radical (unpaired) electrons. The Morgan fingerprint density at radius 3 is 2.64 bits per heavy atom. The van der Waals surface area contributed by atoms with Gasteiger partial charge in [-0.15, -0.1) is 0 Å². The van der Waals surface area contributed by atoms with Gasteiger partial charge in [-0.1, -0.05) is 41.4 Å². The Kier molecular flexibility index (Phi) is 5.87. The first kappa shape index (κ1) is 19.3. The number of nitrogens with zero attached hydrogens (tertiary/aromatic N) is 2. The summed E-state index contributed by atoms with van der Waals surface area (Å²) in [4.78, 5) is 18.9. The highest BCUT2D eigenvalue weighted by atomic mass is 35.5. The van der Waals surface area contributed by atoms with Crippen molar-refractivity contribution >= 4 is 39.8 Å². The van der Waals surface area contributed by atoms with Gasteiger partial charge >= 0.3 is 0 Å². The zero-order chi connectivity index (χ0) is 19.5. The van der Waals surface area contributed by atoms with Crippen LogP contribution >= 0.6 is 23.2 Å². The Labute approximate surface area is 174 Å². The van der Waals surface area contributed by atoms with Crippen LogP contribution in [0.2, 0.25) is 10.0 Å². The number of halogens is 2. The third-order valence-electron chi connectivity index (χ3n) is 4.98. The first-order chi connectivity index (χ1) is 13.6. The monoisotopic (exact) mass is 419 g/mol. The molecule has 0 amide bonds. The van der Waals surface area contributed by atoms with Crippen molar-refractivity contribution in [2.24, 2.45) is 0 Å². The molecule has 1 fully saturated rings. The van der Waals surface area contributed by atoms with Crippen LogP contribution in [0.1, 0.15) is 6.99 Å². The van der Waals surface area contributed by atoms with Crippen molar-refractivity contribution in [3.63, 3.8) is 0 Å². The predicted molar refractivity (Wildman–Crippen MR) is 117 cm³/mol. The molecule has 2 heterocycles. The van der Waals surface area contributed by atoms with E-state index in [0.29, 0.717) is 23.4 Å². The van der Waals surface area contributed by atoms with E-state index in [0.717, 1.165) is 48.3 Å². The minimum atomic E-state index is -0.0942. The third-order valence-corrected chi connectivity index (χ3v) is 5.79. The van der Waals surface area contributed by atoms with Gasteiger partial charge in [0.1, 0.15) is 0 Å². The summed E-state index contributed by atoms with van der Waals surface area (Å²) in [6.45, 7) is 4.62. The summed E-state index contributed by atoms with van der Waals surface area (Å²) in [6, 6.07) is 15.1. The number of piperazine rings is 1. The lowest BCUT2D eigenvalue weighted by atomic mass is 10.1. The lowest BCUT2D eigenvalue weighted by molar-refractivity contribution is 0.0161. The topological polar surface area (TPSA) is 48.6 Å². The summed E-state index contributed by atoms with van der Waals surface area (Å²) in [5.74, 6) is 0. The molecule has 7 heteroatoms. The lowest BCUT2D eigenvalue weighted by Gasteiger charge is -2.36. The van der Waals surface area contributed by atoms with E-state index in [1.165, 1.54) is 6.07 Å². The molecule has 28 heavy (non-hydrogen) atoms. The Morgan fingerprint density at radius 1 is 1.04 bits per heavy atom. The number of hydrogen-bond acceptors (Lipinski definition) is 4. The van der Waals surface area contributed by atoms with Crippen LogP contribution in [-0.2, 0) is 11.3 Å². The van der Waals surface area contributed by atoms with Gasteiger partial charge < -0.3 is 14.6 Å². The van der Waals surface area contributed by atoms with Gasteiger partial charge in [0.2, 0.25) is 5.56 Å². The fourth-order valence-electron chi connectivity index (χ4n) is 3.43. The molecule has 0 bridgehead atoms. The van der Waals surface area contributed by atoms with E-state index in [4.69, 9.17) is 27.9 Å². The highest BCUT2D eigenvalue weighted by Crippen LogP contribution is 2.32. The average molecular weight is 420 g/mol. The van der Waals surface area contributed by atoms with Crippen molar-refractivity contribution < 1.29 is 6.16 Å². The maximum Gasteiger partial charge on any atom is 0.248 e. The van der Waals surface area contributed by atoms with E-state index in [1.54, 1.807) is 6.07 Å². The van der Waals surface area contributed by atoms with Gasteiger partial charge in [0.25, 0.3) is 0 Å². The number of fused-ring (bicyclic) bond motifs is 1. The van der Waals surface area contributed by atoms with E-state index in [9.17, 15) is 4.79 Å². The first-order valence-electron chi connectivity index (χ1n) is 9.21. The van der Waals surface area contributed by atoms with Gasteiger partial charge in [0.15, 0.2) is 0 Å². The lowest BCUT2D eigenvalue weighted by Crippen LogP contribution is -2.47. The van der Waals surface area contributed by atoms with E-state index in [2.05, 4.69) is 14.8 Å². The quantitative estimate of drug-likeness (QED) is 0.666. The molecule has 5 nitrogen and oxygen atoms in total. The number of hydrogen-bond donors (Lipinski definition) is 1. The molecule has 1 saturated heterocycles. The molecule has 1 aliphatic heterocycles. The van der Waals surface area contributed by atoms with Crippen LogP contribution in [0.25, 0.3) is 10.9 Å². The van der Waals surface area contributed by atoms with Crippen LogP contribution in [0.5, 0.6) is 0 Å². The summed E-state index contributed by atoms with van der Waals surface area (Å²) in [5.41, 5.74) is 2.77. The number of aromatic nitrogens is 1. The van der Waals surface area contributed by atoms with Gasteiger partial charge in [-0.2, -0.15) is 0 Å². The molecule has 0 unspecified atom stereocenters. The van der Waals surface area contributed by atoms with Crippen LogP contribution in [0.4, 0.5) is 5.69 Å². The zero-order valence-electron chi connectivity index (χ0n) is 15.3. The molecule has 0 saturated carbocycles. The molecule has 1 aromatic heterocycles. The molecule has 0 spiro atoms. The van der Waals surface area contributed by atoms with Crippen molar-refractivity contribution in [1.29, 1.82) is 0 Å². The molecular weight excluding hydrogens is 397 g/mol. The Balaban J connectivity index is 0.00000240. The van der Waals surface area contributed by atoms with Crippen molar-refractivity contribution in [3.05, 3.63) is 74.5 Å². The fraction of sp³-hybridized carbons (Fsp3) is 0.286. The zero-order valence-corrected chi connectivity index (χ0v) is 16.8. The second kappa shape index (κ2) is 8.53. The van der Waals surface area contributed by atoms with E-state index < -0.39 is 0 Å². The first-order valence-corrected chi connectivity index (χ1v) is 9.97. The second-order valence-electron chi connectivity index (χ2n) is 6.90. The second-order valence-corrected chi connectivity index (χ2v) is 7.68. The SMILES string of the molecule is O=c1ccc2ccc(COCN3CCN(c4cccc(Cl)c4Cl)CC3)cc2[nH]1.[HH]. The maximum absolute atomic E-state index is 11.5. The number of benzene rings is 2. The normalized spacial score (nSPS) is 15.3. The van der Waals surface area contributed by atoms with E-state index >= 15 is 0 Å². The Bertz CT molecular complexity index is 1040. The Hall–Kier alpha value is -2.05. The number of nitrogens with one attached hydrogen (secondary N) is 1. The number of aromatic amines is 1. The smallest absolute Gasteiger partial charge is 0.248 e. The van der Waals surface area contributed by atoms with Gasteiger partial charge in [0.05, 0.1) is 29.1 Å². The summed E-state index contributed by atoms with van der Waals surface area (Å²) in [7, 11) is 0.